The molecule has 2 aromatic carbocycles. The Bertz CT molecular complexity index is 1360. The van der Waals surface area contributed by atoms with Gasteiger partial charge in [0, 0.05) is 51.3 Å². The number of ketones is 1. The van der Waals surface area contributed by atoms with E-state index in [9.17, 15) is 22.8 Å². The molecule has 4 aromatic rings. The molecule has 8 nitrogen and oxygen atoms in total. The van der Waals surface area contributed by atoms with E-state index in [1.54, 1.807) is 6.20 Å². The average molecular weight is 539 g/mol. The molecule has 0 unspecified atom stereocenters. The number of halogens is 4. The number of aromatic nitrogens is 2. The van der Waals surface area contributed by atoms with Crippen LogP contribution in [0.1, 0.15) is 22.0 Å². The fourth-order valence-corrected chi connectivity index (χ4v) is 3.56. The van der Waals surface area contributed by atoms with Crippen LogP contribution in [-0.4, -0.2) is 45.5 Å². The molecule has 0 fully saturated rings. The summed E-state index contributed by atoms with van der Waals surface area (Å²) in [6, 6.07) is 12.8. The van der Waals surface area contributed by atoms with Crippen LogP contribution < -0.4 is 11.1 Å². The number of aromatic amines is 2. The second-order valence-corrected chi connectivity index (χ2v) is 8.05. The first kappa shape index (κ1) is 25.0. The second kappa shape index (κ2) is 10.1. The lowest BCUT2D eigenvalue weighted by Crippen LogP contribution is -2.36. The first-order chi connectivity index (χ1) is 16.0. The minimum absolute atomic E-state index is 0.163. The van der Waals surface area contributed by atoms with Gasteiger partial charge in [-0.15, -0.1) is 0 Å². The molecule has 1 amide bonds. The van der Waals surface area contributed by atoms with Crippen molar-refractivity contribution >= 4 is 55.4 Å². The number of benzene rings is 2. The van der Waals surface area contributed by atoms with Gasteiger partial charge in [-0.25, -0.2) is 4.79 Å². The number of nitrogens with one attached hydrogen (secondary N) is 3. The van der Waals surface area contributed by atoms with E-state index in [1.165, 1.54) is 0 Å². The van der Waals surface area contributed by atoms with Gasteiger partial charge in [0.2, 0.25) is 0 Å². The van der Waals surface area contributed by atoms with Crippen LogP contribution in [0.2, 0.25) is 0 Å². The Labute approximate surface area is 198 Å². The number of nitrogens with two attached hydrogens (primary N) is 1. The zero-order chi connectivity index (χ0) is 25.0. The van der Waals surface area contributed by atoms with Crippen LogP contribution in [0.4, 0.5) is 13.2 Å². The highest BCUT2D eigenvalue weighted by Crippen LogP contribution is 2.25. The summed E-state index contributed by atoms with van der Waals surface area (Å²) in [4.78, 5) is 39.9. The maximum atomic E-state index is 12.5. The summed E-state index contributed by atoms with van der Waals surface area (Å²) in [6.07, 6.45) is -1.69. The quantitative estimate of drug-likeness (QED) is 0.192. The standard InChI is InChI=1S/C20H17BrN4O2.C2HF3O2/c21-11-5-6-13-14(8-24-18(13)7-11)16(22)10-25-20(27)19(26)15-9-23-17-4-2-1-3-12(15)17;3-2(4,5)1(6)7/h1-9,16,23-24H,10,22H2,(H,25,27);(H,6,7)/t16-;/m1./s1. The molecule has 2 heterocycles. The van der Waals surface area contributed by atoms with Gasteiger partial charge in [0.15, 0.2) is 0 Å². The third-order valence-electron chi connectivity index (χ3n) is 4.84. The monoisotopic (exact) mass is 538 g/mol. The largest absolute Gasteiger partial charge is 0.490 e. The number of hydrogen-bond acceptors (Lipinski definition) is 4. The van der Waals surface area contributed by atoms with Crippen molar-refractivity contribution < 1.29 is 32.7 Å². The van der Waals surface area contributed by atoms with E-state index in [0.29, 0.717) is 5.56 Å². The minimum Gasteiger partial charge on any atom is -0.475 e. The maximum absolute atomic E-state index is 12.5. The summed E-state index contributed by atoms with van der Waals surface area (Å²) < 4.78 is 32.7. The molecule has 12 heteroatoms. The third-order valence-corrected chi connectivity index (χ3v) is 5.33. The van der Waals surface area contributed by atoms with E-state index in [4.69, 9.17) is 15.6 Å². The van der Waals surface area contributed by atoms with Crippen LogP contribution >= 0.6 is 15.9 Å². The number of para-hydroxylation sites is 1. The van der Waals surface area contributed by atoms with Crippen LogP contribution in [0, 0.1) is 0 Å². The fraction of sp³-hybridized carbons (Fsp3) is 0.136. The Kier molecular flexibility index (Phi) is 7.42. The van der Waals surface area contributed by atoms with Gasteiger partial charge in [-0.3, -0.25) is 9.59 Å². The van der Waals surface area contributed by atoms with Crippen molar-refractivity contribution in [2.45, 2.75) is 12.2 Å². The molecule has 0 saturated carbocycles. The molecule has 0 spiro atoms. The van der Waals surface area contributed by atoms with Crippen LogP contribution in [0.5, 0.6) is 0 Å². The van der Waals surface area contributed by atoms with Gasteiger partial charge in [0.05, 0.1) is 5.56 Å². The Morgan fingerprint density at radius 1 is 1.03 bits per heavy atom. The van der Waals surface area contributed by atoms with Gasteiger partial charge >= 0.3 is 12.1 Å². The Hall–Kier alpha value is -3.64. The Balaban J connectivity index is 0.000000406. The number of carbonyl (C=O) groups is 3. The van der Waals surface area contributed by atoms with E-state index >= 15 is 0 Å². The zero-order valence-electron chi connectivity index (χ0n) is 17.2. The molecule has 1 atom stereocenters. The van der Waals surface area contributed by atoms with E-state index in [0.717, 1.165) is 31.8 Å². The fourth-order valence-electron chi connectivity index (χ4n) is 3.20. The maximum Gasteiger partial charge on any atom is 0.490 e. The van der Waals surface area contributed by atoms with Crippen LogP contribution in [0.25, 0.3) is 21.8 Å². The molecule has 0 aliphatic rings. The highest BCUT2D eigenvalue weighted by atomic mass is 79.9. The first-order valence-corrected chi connectivity index (χ1v) is 10.5. The number of aliphatic carboxylic acids is 1. The molecule has 2 aromatic heterocycles. The molecule has 0 aliphatic heterocycles. The highest BCUT2D eigenvalue weighted by molar-refractivity contribution is 9.10. The van der Waals surface area contributed by atoms with Crippen LogP contribution in [-0.2, 0) is 9.59 Å². The number of Topliss-reactive ketones (excluding diaryl/α,β-unsaturated/α-hetero) is 1. The Morgan fingerprint density at radius 3 is 2.35 bits per heavy atom. The van der Waals surface area contributed by atoms with Crippen molar-refractivity contribution in [3.8, 4) is 0 Å². The third kappa shape index (κ3) is 5.64. The molecular formula is C22H18BrF3N4O4. The van der Waals surface area contributed by atoms with E-state index in [1.807, 2.05) is 48.7 Å². The number of alkyl halides is 3. The van der Waals surface area contributed by atoms with Crippen molar-refractivity contribution in [3.05, 3.63) is 70.5 Å². The van der Waals surface area contributed by atoms with Gasteiger partial charge in [-0.2, -0.15) is 13.2 Å². The highest BCUT2D eigenvalue weighted by Gasteiger charge is 2.38. The summed E-state index contributed by atoms with van der Waals surface area (Å²) in [6.45, 7) is 0.163. The normalized spacial score (nSPS) is 12.1. The molecule has 178 valence electrons. The van der Waals surface area contributed by atoms with E-state index < -0.39 is 29.9 Å². The smallest absolute Gasteiger partial charge is 0.475 e. The molecule has 34 heavy (non-hydrogen) atoms. The first-order valence-electron chi connectivity index (χ1n) is 9.70. The number of fused-ring (bicyclic) bond motifs is 2. The summed E-state index contributed by atoms with van der Waals surface area (Å²) in [7, 11) is 0. The molecule has 0 bridgehead atoms. The molecule has 0 saturated heterocycles. The van der Waals surface area contributed by atoms with Gasteiger partial charge in [0.25, 0.3) is 11.7 Å². The second-order valence-electron chi connectivity index (χ2n) is 7.13. The van der Waals surface area contributed by atoms with Crippen LogP contribution in [0.15, 0.2) is 59.3 Å². The number of rotatable bonds is 5. The summed E-state index contributed by atoms with van der Waals surface area (Å²) >= 11 is 3.43. The van der Waals surface area contributed by atoms with E-state index in [-0.39, 0.29) is 6.54 Å². The molecule has 4 rings (SSSR count). The predicted molar refractivity (Wildman–Crippen MR) is 122 cm³/mol. The number of carboxylic acids is 1. The number of amides is 1. The molecule has 6 N–H and O–H groups in total. The molecular weight excluding hydrogens is 521 g/mol. The Morgan fingerprint density at radius 2 is 1.68 bits per heavy atom. The van der Waals surface area contributed by atoms with Crippen LogP contribution in [0.3, 0.4) is 0 Å². The minimum atomic E-state index is -5.08. The number of H-pyrrole nitrogens is 2. The van der Waals surface area contributed by atoms with Gasteiger partial charge in [0.1, 0.15) is 0 Å². The lowest BCUT2D eigenvalue weighted by Gasteiger charge is -2.12. The predicted octanol–water partition coefficient (Wildman–Crippen LogP) is 4.04. The molecule has 0 aliphatic carbocycles. The number of carbonyl (C=O) groups excluding carboxylic acids is 2. The summed E-state index contributed by atoms with van der Waals surface area (Å²) in [5, 5.41) is 11.5. The SMILES string of the molecule is N[C@H](CNC(=O)C(=O)c1c[nH]c2ccccc12)c1c[nH]c2cc(Br)ccc12.O=C(O)C(F)(F)F. The van der Waals surface area contributed by atoms with Crippen molar-refractivity contribution in [1.82, 2.24) is 15.3 Å². The average Bonchev–Trinajstić information content (AvgIpc) is 3.40. The summed E-state index contributed by atoms with van der Waals surface area (Å²) in [5.41, 5.74) is 9.25. The summed E-state index contributed by atoms with van der Waals surface area (Å²) in [5.74, 6) is -4.01. The lowest BCUT2D eigenvalue weighted by atomic mass is 10.1. The lowest BCUT2D eigenvalue weighted by molar-refractivity contribution is -0.192. The number of hydrogen-bond donors (Lipinski definition) is 5. The van der Waals surface area contributed by atoms with Crippen molar-refractivity contribution in [2.24, 2.45) is 5.73 Å². The topological polar surface area (TPSA) is 141 Å². The van der Waals surface area contributed by atoms with Crippen molar-refractivity contribution in [2.75, 3.05) is 6.54 Å². The van der Waals surface area contributed by atoms with Gasteiger partial charge in [-0.1, -0.05) is 40.2 Å². The van der Waals surface area contributed by atoms with Crippen molar-refractivity contribution in [3.63, 3.8) is 0 Å². The van der Waals surface area contributed by atoms with Gasteiger partial charge < -0.3 is 26.1 Å². The van der Waals surface area contributed by atoms with Gasteiger partial charge in [-0.05, 0) is 23.8 Å². The molecule has 0 radical (unpaired) electrons. The number of carboxylic acid groups (broad SMARTS) is 1. The zero-order valence-corrected chi connectivity index (χ0v) is 18.8. The van der Waals surface area contributed by atoms with Crippen molar-refractivity contribution in [1.29, 1.82) is 0 Å². The van der Waals surface area contributed by atoms with E-state index in [2.05, 4.69) is 31.2 Å².